The highest BCUT2D eigenvalue weighted by Crippen LogP contribution is 2.19. The number of carbonyl (C=O) groups excluding carboxylic acids is 1. The number of pyridine rings is 1. The summed E-state index contributed by atoms with van der Waals surface area (Å²) in [5, 5.41) is 2.54. The molecule has 0 aliphatic rings. The van der Waals surface area contributed by atoms with Crippen molar-refractivity contribution in [3.63, 3.8) is 0 Å². The minimum atomic E-state index is -0.707. The van der Waals surface area contributed by atoms with E-state index in [2.05, 4.69) is 10.3 Å². The Morgan fingerprint density at radius 2 is 1.95 bits per heavy atom. The second-order valence-corrected chi connectivity index (χ2v) is 4.18. The first-order chi connectivity index (χ1) is 9.06. The lowest BCUT2D eigenvalue weighted by molar-refractivity contribution is -0.115. The van der Waals surface area contributed by atoms with E-state index in [0.29, 0.717) is 0 Å². The van der Waals surface area contributed by atoms with Crippen molar-refractivity contribution < 1.29 is 13.6 Å². The Labute approximate surface area is 113 Å². The number of anilines is 1. The zero-order valence-electron chi connectivity index (χ0n) is 9.66. The normalized spacial score (nSPS) is 10.3. The van der Waals surface area contributed by atoms with Crippen molar-refractivity contribution in [2.24, 2.45) is 0 Å². The summed E-state index contributed by atoms with van der Waals surface area (Å²) in [7, 11) is 0. The van der Waals surface area contributed by atoms with E-state index in [9.17, 15) is 13.6 Å². The van der Waals surface area contributed by atoms with Crippen molar-refractivity contribution in [1.82, 2.24) is 4.98 Å². The number of carbonyl (C=O) groups is 1. The molecule has 0 atom stereocenters. The molecule has 0 fully saturated rings. The van der Waals surface area contributed by atoms with E-state index in [1.807, 2.05) is 0 Å². The van der Waals surface area contributed by atoms with Gasteiger partial charge in [-0.2, -0.15) is 4.39 Å². The van der Waals surface area contributed by atoms with Gasteiger partial charge >= 0.3 is 0 Å². The Morgan fingerprint density at radius 3 is 2.63 bits per heavy atom. The number of hydrogen-bond acceptors (Lipinski definition) is 2. The van der Waals surface area contributed by atoms with Gasteiger partial charge in [-0.3, -0.25) is 4.79 Å². The summed E-state index contributed by atoms with van der Waals surface area (Å²) in [5.41, 5.74) is 0.0954. The molecule has 0 radical (unpaired) electrons. The molecule has 0 bridgehead atoms. The molecular weight excluding hydrogens is 274 g/mol. The number of amides is 1. The van der Waals surface area contributed by atoms with Gasteiger partial charge in [-0.1, -0.05) is 23.7 Å². The maximum atomic E-state index is 13.5. The first-order valence-electron chi connectivity index (χ1n) is 5.41. The van der Waals surface area contributed by atoms with Gasteiger partial charge in [0.05, 0.1) is 6.42 Å². The van der Waals surface area contributed by atoms with Crippen LogP contribution in [-0.4, -0.2) is 10.9 Å². The van der Waals surface area contributed by atoms with Crippen molar-refractivity contribution in [3.05, 3.63) is 58.7 Å². The summed E-state index contributed by atoms with van der Waals surface area (Å²) in [5.74, 6) is -1.72. The third-order valence-electron chi connectivity index (χ3n) is 2.38. The van der Waals surface area contributed by atoms with Crippen molar-refractivity contribution in [2.75, 3.05) is 5.32 Å². The molecule has 98 valence electrons. The van der Waals surface area contributed by atoms with Gasteiger partial charge in [-0.15, -0.1) is 0 Å². The maximum Gasteiger partial charge on any atom is 0.230 e. The quantitative estimate of drug-likeness (QED) is 0.879. The Hall–Kier alpha value is -2.01. The molecular formula is C13H9ClF2N2O. The van der Waals surface area contributed by atoms with Crippen molar-refractivity contribution in [1.29, 1.82) is 0 Å². The highest BCUT2D eigenvalue weighted by Gasteiger charge is 2.12. The largest absolute Gasteiger partial charge is 0.310 e. The molecule has 1 amide bonds. The Morgan fingerprint density at radius 1 is 1.21 bits per heavy atom. The standard InChI is InChI=1S/C13H9ClF2N2O/c14-9-3-1-4-10(15)8(9)7-13(19)18-12-6-2-5-11(16)17-12/h1-6H,7H2,(H,17,18,19). The Balaban J connectivity index is 2.10. The maximum absolute atomic E-state index is 13.5. The average Bonchev–Trinajstić information content (AvgIpc) is 2.34. The van der Waals surface area contributed by atoms with E-state index in [-0.39, 0.29) is 22.8 Å². The molecule has 0 unspecified atom stereocenters. The summed E-state index contributed by atoms with van der Waals surface area (Å²) >= 11 is 5.81. The van der Waals surface area contributed by atoms with Crippen LogP contribution < -0.4 is 5.32 Å². The van der Waals surface area contributed by atoms with Crippen LogP contribution in [0.1, 0.15) is 5.56 Å². The van der Waals surface area contributed by atoms with Gasteiger partial charge in [0.1, 0.15) is 11.6 Å². The molecule has 1 aromatic heterocycles. The van der Waals surface area contributed by atoms with Gasteiger partial charge in [-0.25, -0.2) is 9.37 Å². The molecule has 19 heavy (non-hydrogen) atoms. The Bertz CT molecular complexity index is 599. The molecule has 1 N–H and O–H groups in total. The second kappa shape index (κ2) is 5.75. The molecule has 1 aromatic carbocycles. The van der Waals surface area contributed by atoms with Crippen LogP contribution in [0.25, 0.3) is 0 Å². The number of rotatable bonds is 3. The number of halogens is 3. The van der Waals surface area contributed by atoms with E-state index in [1.165, 1.54) is 30.3 Å². The predicted molar refractivity (Wildman–Crippen MR) is 67.9 cm³/mol. The molecule has 3 nitrogen and oxygen atoms in total. The van der Waals surface area contributed by atoms with Crippen molar-refractivity contribution in [3.8, 4) is 0 Å². The number of hydrogen-bond donors (Lipinski definition) is 1. The smallest absolute Gasteiger partial charge is 0.230 e. The van der Waals surface area contributed by atoms with Crippen LogP contribution in [0, 0.1) is 11.8 Å². The van der Waals surface area contributed by atoms with Gasteiger partial charge in [-0.05, 0) is 24.3 Å². The highest BCUT2D eigenvalue weighted by molar-refractivity contribution is 6.31. The molecule has 0 aliphatic carbocycles. The lowest BCUT2D eigenvalue weighted by Gasteiger charge is -2.06. The number of nitrogens with one attached hydrogen (secondary N) is 1. The van der Waals surface area contributed by atoms with Gasteiger partial charge in [0.25, 0.3) is 0 Å². The molecule has 0 aliphatic heterocycles. The van der Waals surface area contributed by atoms with Crippen LogP contribution in [0.3, 0.4) is 0 Å². The average molecular weight is 283 g/mol. The Kier molecular flexibility index (Phi) is 4.06. The minimum Gasteiger partial charge on any atom is -0.310 e. The fraction of sp³-hybridized carbons (Fsp3) is 0.0769. The fourth-order valence-corrected chi connectivity index (χ4v) is 1.76. The lowest BCUT2D eigenvalue weighted by atomic mass is 10.1. The van der Waals surface area contributed by atoms with Crippen molar-refractivity contribution >= 4 is 23.3 Å². The predicted octanol–water partition coefficient (Wildman–Crippen LogP) is 3.19. The third kappa shape index (κ3) is 3.48. The third-order valence-corrected chi connectivity index (χ3v) is 2.74. The molecule has 0 saturated carbocycles. The van der Waals surface area contributed by atoms with Gasteiger partial charge < -0.3 is 5.32 Å². The molecule has 2 rings (SSSR count). The summed E-state index contributed by atoms with van der Waals surface area (Å²) in [4.78, 5) is 15.2. The van der Waals surface area contributed by atoms with E-state index < -0.39 is 17.7 Å². The van der Waals surface area contributed by atoms with Crippen molar-refractivity contribution in [2.45, 2.75) is 6.42 Å². The van der Waals surface area contributed by atoms with Crippen LogP contribution in [0.5, 0.6) is 0 Å². The number of benzene rings is 1. The SMILES string of the molecule is O=C(Cc1c(F)cccc1Cl)Nc1cccc(F)n1. The van der Waals surface area contributed by atoms with E-state index in [4.69, 9.17) is 11.6 Å². The molecule has 0 spiro atoms. The monoisotopic (exact) mass is 282 g/mol. The van der Waals surface area contributed by atoms with Crippen LogP contribution in [-0.2, 0) is 11.2 Å². The number of aromatic nitrogens is 1. The zero-order valence-corrected chi connectivity index (χ0v) is 10.4. The van der Waals surface area contributed by atoms with Crippen LogP contribution in [0.15, 0.2) is 36.4 Å². The summed E-state index contributed by atoms with van der Waals surface area (Å²) in [6.07, 6.45) is -0.246. The first-order valence-corrected chi connectivity index (χ1v) is 5.79. The van der Waals surface area contributed by atoms with Crippen LogP contribution in [0.4, 0.5) is 14.6 Å². The van der Waals surface area contributed by atoms with E-state index in [1.54, 1.807) is 0 Å². The van der Waals surface area contributed by atoms with Crippen LogP contribution >= 0.6 is 11.6 Å². The first kappa shape index (κ1) is 13.4. The summed E-state index contributed by atoms with van der Waals surface area (Å²) in [6.45, 7) is 0. The van der Waals surface area contributed by atoms with Gasteiger partial charge in [0.15, 0.2) is 0 Å². The van der Waals surface area contributed by atoms with E-state index >= 15 is 0 Å². The van der Waals surface area contributed by atoms with Gasteiger partial charge in [0.2, 0.25) is 11.9 Å². The summed E-state index contributed by atoms with van der Waals surface area (Å²) in [6, 6.07) is 8.16. The minimum absolute atomic E-state index is 0.0671. The fourth-order valence-electron chi connectivity index (χ4n) is 1.53. The highest BCUT2D eigenvalue weighted by atomic mass is 35.5. The molecule has 2 aromatic rings. The van der Waals surface area contributed by atoms with Gasteiger partial charge in [0, 0.05) is 10.6 Å². The lowest BCUT2D eigenvalue weighted by Crippen LogP contribution is -2.16. The summed E-state index contributed by atoms with van der Waals surface area (Å²) < 4.78 is 26.3. The van der Waals surface area contributed by atoms with E-state index in [0.717, 1.165) is 6.07 Å². The molecule has 1 heterocycles. The number of nitrogens with zero attached hydrogens (tertiary/aromatic N) is 1. The zero-order chi connectivity index (χ0) is 13.8. The molecule has 6 heteroatoms. The topological polar surface area (TPSA) is 42.0 Å². The second-order valence-electron chi connectivity index (χ2n) is 3.77. The van der Waals surface area contributed by atoms with Crippen LogP contribution in [0.2, 0.25) is 5.02 Å². The molecule has 0 saturated heterocycles.